The number of hydrogen-bond donors (Lipinski definition) is 1. The lowest BCUT2D eigenvalue weighted by atomic mass is 10.1. The van der Waals surface area contributed by atoms with E-state index in [2.05, 4.69) is 60.0 Å². The highest BCUT2D eigenvalue weighted by atomic mass is 15.2. The van der Waals surface area contributed by atoms with E-state index < -0.39 is 0 Å². The zero-order valence-electron chi connectivity index (χ0n) is 12.6. The third-order valence-electron chi connectivity index (χ3n) is 4.14. The highest BCUT2D eigenvalue weighted by molar-refractivity contribution is 5.49. The molecule has 3 rings (SSSR count). The van der Waals surface area contributed by atoms with Crippen molar-refractivity contribution < 1.29 is 0 Å². The molecule has 3 heteroatoms. The molecule has 0 aliphatic heterocycles. The van der Waals surface area contributed by atoms with E-state index in [9.17, 15) is 0 Å². The molecule has 3 nitrogen and oxygen atoms in total. The Kier molecular flexibility index (Phi) is 3.51. The fourth-order valence-corrected chi connectivity index (χ4v) is 3.01. The SMILES string of the molecule is Cc1ccc(C)c(-n2cc(C)nc2NC2CCCC2)c1. The number of hydrogen-bond acceptors (Lipinski definition) is 2. The summed E-state index contributed by atoms with van der Waals surface area (Å²) in [7, 11) is 0. The van der Waals surface area contributed by atoms with Gasteiger partial charge in [0.2, 0.25) is 5.95 Å². The van der Waals surface area contributed by atoms with Crippen LogP contribution in [0.5, 0.6) is 0 Å². The third-order valence-corrected chi connectivity index (χ3v) is 4.14. The van der Waals surface area contributed by atoms with Gasteiger partial charge in [0.15, 0.2) is 0 Å². The summed E-state index contributed by atoms with van der Waals surface area (Å²) in [6.45, 7) is 6.35. The average molecular weight is 269 g/mol. The number of rotatable bonds is 3. The minimum atomic E-state index is 0.584. The average Bonchev–Trinajstić information content (AvgIpc) is 3.03. The van der Waals surface area contributed by atoms with Crippen LogP contribution < -0.4 is 5.32 Å². The van der Waals surface area contributed by atoms with Crippen molar-refractivity contribution in [3.63, 3.8) is 0 Å². The summed E-state index contributed by atoms with van der Waals surface area (Å²) in [5.74, 6) is 0.989. The van der Waals surface area contributed by atoms with E-state index in [1.807, 2.05) is 0 Å². The minimum absolute atomic E-state index is 0.584. The molecule has 1 aliphatic rings. The van der Waals surface area contributed by atoms with Crippen LogP contribution in [0.4, 0.5) is 5.95 Å². The Balaban J connectivity index is 1.97. The number of nitrogens with one attached hydrogen (secondary N) is 1. The van der Waals surface area contributed by atoms with Gasteiger partial charge in [-0.15, -0.1) is 0 Å². The lowest BCUT2D eigenvalue weighted by Crippen LogP contribution is -2.18. The Labute approximate surface area is 121 Å². The predicted molar refractivity (Wildman–Crippen MR) is 83.7 cm³/mol. The van der Waals surface area contributed by atoms with E-state index in [0.29, 0.717) is 6.04 Å². The molecule has 1 heterocycles. The van der Waals surface area contributed by atoms with Crippen molar-refractivity contribution in [2.45, 2.75) is 52.5 Å². The van der Waals surface area contributed by atoms with E-state index in [0.717, 1.165) is 11.6 Å². The maximum absolute atomic E-state index is 4.67. The zero-order valence-corrected chi connectivity index (χ0v) is 12.6. The highest BCUT2D eigenvalue weighted by Crippen LogP contribution is 2.25. The van der Waals surface area contributed by atoms with Crippen LogP contribution in [0.2, 0.25) is 0 Å². The normalized spacial score (nSPS) is 15.8. The summed E-state index contributed by atoms with van der Waals surface area (Å²) in [6, 6.07) is 7.16. The minimum Gasteiger partial charge on any atom is -0.353 e. The molecule has 1 fully saturated rings. The van der Waals surface area contributed by atoms with E-state index in [1.54, 1.807) is 0 Å². The first-order valence-electron chi connectivity index (χ1n) is 7.53. The second-order valence-corrected chi connectivity index (χ2v) is 5.99. The third kappa shape index (κ3) is 2.58. The van der Waals surface area contributed by atoms with Gasteiger partial charge in [0.25, 0.3) is 0 Å². The van der Waals surface area contributed by atoms with E-state index in [1.165, 1.54) is 42.5 Å². The maximum Gasteiger partial charge on any atom is 0.207 e. The first kappa shape index (κ1) is 13.2. The van der Waals surface area contributed by atoms with Gasteiger partial charge in [-0.25, -0.2) is 4.98 Å². The first-order valence-corrected chi connectivity index (χ1v) is 7.53. The standard InChI is InChI=1S/C17H23N3/c1-12-8-9-13(2)16(10-12)20-11-14(3)18-17(20)19-15-6-4-5-7-15/h8-11,15H,4-7H2,1-3H3,(H,18,19). The van der Waals surface area contributed by atoms with Crippen LogP contribution in [-0.2, 0) is 0 Å². The van der Waals surface area contributed by atoms with Crippen LogP contribution in [0.25, 0.3) is 5.69 Å². The Morgan fingerprint density at radius 3 is 2.65 bits per heavy atom. The molecule has 1 aromatic carbocycles. The number of anilines is 1. The Bertz CT molecular complexity index is 607. The Hall–Kier alpha value is -1.77. The maximum atomic E-state index is 4.67. The van der Waals surface area contributed by atoms with Gasteiger partial charge in [0.05, 0.1) is 11.4 Å². The number of benzene rings is 1. The van der Waals surface area contributed by atoms with Crippen LogP contribution >= 0.6 is 0 Å². The Morgan fingerprint density at radius 2 is 1.90 bits per heavy atom. The van der Waals surface area contributed by atoms with E-state index in [-0.39, 0.29) is 0 Å². The van der Waals surface area contributed by atoms with Crippen LogP contribution in [0, 0.1) is 20.8 Å². The van der Waals surface area contributed by atoms with Gasteiger partial charge < -0.3 is 5.32 Å². The lowest BCUT2D eigenvalue weighted by Gasteiger charge is -2.16. The monoisotopic (exact) mass is 269 g/mol. The van der Waals surface area contributed by atoms with E-state index >= 15 is 0 Å². The summed E-state index contributed by atoms with van der Waals surface area (Å²) in [4.78, 5) is 4.67. The van der Waals surface area contributed by atoms with Crippen molar-refractivity contribution in [2.24, 2.45) is 0 Å². The summed E-state index contributed by atoms with van der Waals surface area (Å²) >= 11 is 0. The molecular weight excluding hydrogens is 246 g/mol. The molecule has 1 aromatic heterocycles. The predicted octanol–water partition coefficient (Wildman–Crippen LogP) is 4.15. The second-order valence-electron chi connectivity index (χ2n) is 5.99. The van der Waals surface area contributed by atoms with Crippen molar-refractivity contribution >= 4 is 5.95 Å². The lowest BCUT2D eigenvalue weighted by molar-refractivity contribution is 0.740. The largest absolute Gasteiger partial charge is 0.353 e. The van der Waals surface area contributed by atoms with Crippen LogP contribution in [-0.4, -0.2) is 15.6 Å². The number of aromatic nitrogens is 2. The molecule has 0 amide bonds. The van der Waals surface area contributed by atoms with E-state index in [4.69, 9.17) is 0 Å². The summed E-state index contributed by atoms with van der Waals surface area (Å²) in [5.41, 5.74) is 4.85. The summed E-state index contributed by atoms with van der Waals surface area (Å²) in [5, 5.41) is 3.63. The van der Waals surface area contributed by atoms with Gasteiger partial charge in [-0.1, -0.05) is 25.0 Å². The summed E-state index contributed by atoms with van der Waals surface area (Å²) in [6.07, 6.45) is 7.32. The molecule has 1 saturated carbocycles. The topological polar surface area (TPSA) is 29.9 Å². The van der Waals surface area contributed by atoms with Crippen molar-refractivity contribution in [3.8, 4) is 5.69 Å². The molecule has 0 unspecified atom stereocenters. The molecule has 0 bridgehead atoms. The van der Waals surface area contributed by atoms with Gasteiger partial charge in [-0.3, -0.25) is 4.57 Å². The van der Waals surface area contributed by atoms with Gasteiger partial charge in [-0.2, -0.15) is 0 Å². The molecule has 1 N–H and O–H groups in total. The number of imidazole rings is 1. The highest BCUT2D eigenvalue weighted by Gasteiger charge is 2.18. The zero-order chi connectivity index (χ0) is 14.1. The fourth-order valence-electron chi connectivity index (χ4n) is 3.01. The van der Waals surface area contributed by atoms with Gasteiger partial charge >= 0.3 is 0 Å². The van der Waals surface area contributed by atoms with Gasteiger partial charge in [0.1, 0.15) is 0 Å². The van der Waals surface area contributed by atoms with Gasteiger partial charge in [-0.05, 0) is 50.8 Å². The molecule has 0 spiro atoms. The molecule has 106 valence electrons. The first-order chi connectivity index (χ1) is 9.63. The van der Waals surface area contributed by atoms with Crippen molar-refractivity contribution in [1.29, 1.82) is 0 Å². The molecule has 2 aromatic rings. The van der Waals surface area contributed by atoms with Crippen LogP contribution in [0.3, 0.4) is 0 Å². The van der Waals surface area contributed by atoms with Crippen LogP contribution in [0.1, 0.15) is 42.5 Å². The van der Waals surface area contributed by atoms with Crippen molar-refractivity contribution in [2.75, 3.05) is 5.32 Å². The molecular formula is C17H23N3. The van der Waals surface area contributed by atoms with Gasteiger partial charge in [0, 0.05) is 12.2 Å². The van der Waals surface area contributed by atoms with Crippen molar-refractivity contribution in [3.05, 3.63) is 41.2 Å². The number of nitrogens with zero attached hydrogens (tertiary/aromatic N) is 2. The smallest absolute Gasteiger partial charge is 0.207 e. The molecule has 0 radical (unpaired) electrons. The quantitative estimate of drug-likeness (QED) is 0.907. The fraction of sp³-hybridized carbons (Fsp3) is 0.471. The molecule has 1 aliphatic carbocycles. The van der Waals surface area contributed by atoms with Crippen molar-refractivity contribution in [1.82, 2.24) is 9.55 Å². The van der Waals surface area contributed by atoms with Crippen LogP contribution in [0.15, 0.2) is 24.4 Å². The molecule has 0 saturated heterocycles. The molecule has 20 heavy (non-hydrogen) atoms. The number of aryl methyl sites for hydroxylation is 3. The Morgan fingerprint density at radius 1 is 1.15 bits per heavy atom. The molecule has 0 atom stereocenters. The summed E-state index contributed by atoms with van der Waals surface area (Å²) < 4.78 is 2.20. The second kappa shape index (κ2) is 5.31.